The van der Waals surface area contributed by atoms with Crippen LogP contribution in [-0.2, 0) is 9.59 Å². The summed E-state index contributed by atoms with van der Waals surface area (Å²) in [5, 5.41) is 11.4. The molecular weight excluding hydrogens is 275 g/mol. The van der Waals surface area contributed by atoms with Crippen LogP contribution in [0.15, 0.2) is 24.3 Å². The lowest BCUT2D eigenvalue weighted by Crippen LogP contribution is -2.45. The summed E-state index contributed by atoms with van der Waals surface area (Å²) in [6.45, 7) is 5.78. The van der Waals surface area contributed by atoms with Gasteiger partial charge in [0.2, 0.25) is 5.91 Å². The number of carboxylic acids is 1. The molecule has 0 aliphatic carbocycles. The van der Waals surface area contributed by atoms with E-state index in [1.54, 1.807) is 17.0 Å². The number of aliphatic carboxylic acids is 1. The first-order valence-electron chi connectivity index (χ1n) is 6.71. The fourth-order valence-electron chi connectivity index (χ4n) is 1.83. The molecule has 2 N–H and O–H groups in total. The maximum atomic E-state index is 13.4. The SMILES string of the molecule is CC(C)(C)N(CCC(=O)Nc1ccccc1F)CC(=O)O. The summed E-state index contributed by atoms with van der Waals surface area (Å²) in [5.41, 5.74) is -0.237. The molecule has 1 amide bonds. The number of hydrogen-bond donors (Lipinski definition) is 2. The molecule has 5 nitrogen and oxygen atoms in total. The minimum Gasteiger partial charge on any atom is -0.480 e. The predicted octanol–water partition coefficient (Wildman–Crippen LogP) is 2.34. The van der Waals surface area contributed by atoms with Crippen molar-refractivity contribution >= 4 is 17.6 Å². The second kappa shape index (κ2) is 7.17. The molecule has 0 saturated carbocycles. The number of benzene rings is 1. The van der Waals surface area contributed by atoms with Gasteiger partial charge < -0.3 is 10.4 Å². The first-order valence-corrected chi connectivity index (χ1v) is 6.71. The highest BCUT2D eigenvalue weighted by Gasteiger charge is 2.24. The molecule has 0 unspecified atom stereocenters. The third-order valence-electron chi connectivity index (χ3n) is 3.03. The molecule has 6 heteroatoms. The summed E-state index contributed by atoms with van der Waals surface area (Å²) in [4.78, 5) is 24.4. The molecule has 0 fully saturated rings. The van der Waals surface area contributed by atoms with E-state index in [-0.39, 0.29) is 36.6 Å². The minimum absolute atomic E-state index is 0.0961. The van der Waals surface area contributed by atoms with Crippen molar-refractivity contribution in [2.24, 2.45) is 0 Å². The molecule has 0 spiro atoms. The second-order valence-electron chi connectivity index (χ2n) is 5.76. The second-order valence-corrected chi connectivity index (χ2v) is 5.76. The van der Waals surface area contributed by atoms with E-state index in [9.17, 15) is 14.0 Å². The normalized spacial score (nSPS) is 11.5. The summed E-state index contributed by atoms with van der Waals surface area (Å²) in [7, 11) is 0. The highest BCUT2D eigenvalue weighted by molar-refractivity contribution is 5.90. The van der Waals surface area contributed by atoms with E-state index in [1.165, 1.54) is 12.1 Å². The van der Waals surface area contributed by atoms with Gasteiger partial charge in [0, 0.05) is 18.5 Å². The van der Waals surface area contributed by atoms with Gasteiger partial charge in [0.15, 0.2) is 0 Å². The van der Waals surface area contributed by atoms with Gasteiger partial charge in [-0.15, -0.1) is 0 Å². The van der Waals surface area contributed by atoms with Gasteiger partial charge in [-0.2, -0.15) is 0 Å². The van der Waals surface area contributed by atoms with Crippen LogP contribution in [0.4, 0.5) is 10.1 Å². The standard InChI is InChI=1S/C15H21FN2O3/c1-15(2,3)18(10-14(20)21)9-8-13(19)17-12-7-5-4-6-11(12)16/h4-7H,8-10H2,1-3H3,(H,17,19)(H,20,21). The Balaban J connectivity index is 2.58. The van der Waals surface area contributed by atoms with Gasteiger partial charge in [-0.25, -0.2) is 4.39 Å². The maximum absolute atomic E-state index is 13.4. The van der Waals surface area contributed by atoms with Gasteiger partial charge in [-0.05, 0) is 32.9 Å². The highest BCUT2D eigenvalue weighted by Crippen LogP contribution is 2.15. The minimum atomic E-state index is -0.945. The number of amides is 1. The zero-order chi connectivity index (χ0) is 16.0. The highest BCUT2D eigenvalue weighted by atomic mass is 19.1. The molecule has 0 aromatic heterocycles. The lowest BCUT2D eigenvalue weighted by atomic mass is 10.1. The maximum Gasteiger partial charge on any atom is 0.317 e. The summed E-state index contributed by atoms with van der Waals surface area (Å²) in [6, 6.07) is 5.91. The number of halogens is 1. The number of anilines is 1. The van der Waals surface area contributed by atoms with Crippen molar-refractivity contribution in [1.29, 1.82) is 0 Å². The van der Waals surface area contributed by atoms with Crippen LogP contribution in [0.25, 0.3) is 0 Å². The average Bonchev–Trinajstić information content (AvgIpc) is 2.35. The van der Waals surface area contributed by atoms with Crippen LogP contribution < -0.4 is 5.32 Å². The van der Waals surface area contributed by atoms with Crippen molar-refractivity contribution in [2.75, 3.05) is 18.4 Å². The molecule has 1 aromatic carbocycles. The van der Waals surface area contributed by atoms with Crippen molar-refractivity contribution in [3.05, 3.63) is 30.1 Å². The number of para-hydroxylation sites is 1. The van der Waals surface area contributed by atoms with E-state index in [0.717, 1.165) is 0 Å². The quantitative estimate of drug-likeness (QED) is 0.845. The average molecular weight is 296 g/mol. The van der Waals surface area contributed by atoms with E-state index in [1.807, 2.05) is 20.8 Å². The van der Waals surface area contributed by atoms with E-state index in [2.05, 4.69) is 5.32 Å². The molecule has 1 aromatic rings. The fourth-order valence-corrected chi connectivity index (χ4v) is 1.83. The van der Waals surface area contributed by atoms with Gasteiger partial charge in [-0.3, -0.25) is 14.5 Å². The molecule has 21 heavy (non-hydrogen) atoms. The molecular formula is C15H21FN2O3. The lowest BCUT2D eigenvalue weighted by Gasteiger charge is -2.34. The monoisotopic (exact) mass is 296 g/mol. The van der Waals surface area contributed by atoms with Crippen molar-refractivity contribution in [3.63, 3.8) is 0 Å². The van der Waals surface area contributed by atoms with Crippen LogP contribution in [0, 0.1) is 5.82 Å². The Labute approximate surface area is 123 Å². The lowest BCUT2D eigenvalue weighted by molar-refractivity contribution is -0.140. The summed E-state index contributed by atoms with van der Waals surface area (Å²) in [5.74, 6) is -1.79. The molecule has 0 saturated heterocycles. The van der Waals surface area contributed by atoms with E-state index < -0.39 is 11.8 Å². The number of carboxylic acid groups (broad SMARTS) is 1. The zero-order valence-electron chi connectivity index (χ0n) is 12.5. The number of carbonyl (C=O) groups is 2. The Hall–Kier alpha value is -1.95. The Morgan fingerprint density at radius 1 is 1.29 bits per heavy atom. The molecule has 116 valence electrons. The van der Waals surface area contributed by atoms with Crippen LogP contribution in [0.1, 0.15) is 27.2 Å². The van der Waals surface area contributed by atoms with Crippen molar-refractivity contribution < 1.29 is 19.1 Å². The Morgan fingerprint density at radius 2 is 1.90 bits per heavy atom. The third-order valence-corrected chi connectivity index (χ3v) is 3.03. The molecule has 0 bridgehead atoms. The van der Waals surface area contributed by atoms with Crippen LogP contribution >= 0.6 is 0 Å². The topological polar surface area (TPSA) is 69.6 Å². The van der Waals surface area contributed by atoms with Crippen molar-refractivity contribution in [1.82, 2.24) is 4.90 Å². The number of carbonyl (C=O) groups excluding carboxylic acids is 1. The Bertz CT molecular complexity index is 512. The zero-order valence-corrected chi connectivity index (χ0v) is 12.5. The fraction of sp³-hybridized carbons (Fsp3) is 0.467. The largest absolute Gasteiger partial charge is 0.480 e. The smallest absolute Gasteiger partial charge is 0.317 e. The summed E-state index contributed by atoms with van der Waals surface area (Å²) < 4.78 is 13.4. The van der Waals surface area contributed by atoms with Gasteiger partial charge in [0.25, 0.3) is 0 Å². The number of hydrogen-bond acceptors (Lipinski definition) is 3. The molecule has 0 radical (unpaired) electrons. The third kappa shape index (κ3) is 5.91. The van der Waals surface area contributed by atoms with E-state index in [4.69, 9.17) is 5.11 Å². The number of rotatable bonds is 6. The van der Waals surface area contributed by atoms with Gasteiger partial charge in [-0.1, -0.05) is 12.1 Å². The summed E-state index contributed by atoms with van der Waals surface area (Å²) >= 11 is 0. The van der Waals surface area contributed by atoms with Gasteiger partial charge in [0.05, 0.1) is 12.2 Å². The molecule has 0 aliphatic heterocycles. The summed E-state index contributed by atoms with van der Waals surface area (Å²) in [6.07, 6.45) is 0.0961. The van der Waals surface area contributed by atoms with E-state index >= 15 is 0 Å². The Kier molecular flexibility index (Phi) is 5.84. The molecule has 1 rings (SSSR count). The van der Waals surface area contributed by atoms with Crippen molar-refractivity contribution in [3.8, 4) is 0 Å². The molecule has 0 aliphatic rings. The van der Waals surface area contributed by atoms with Gasteiger partial charge in [0.1, 0.15) is 5.82 Å². The first kappa shape index (κ1) is 17.1. The van der Waals surface area contributed by atoms with Crippen LogP contribution in [-0.4, -0.2) is 40.5 Å². The van der Waals surface area contributed by atoms with Crippen LogP contribution in [0.2, 0.25) is 0 Å². The molecule has 0 atom stereocenters. The molecule has 0 heterocycles. The first-order chi connectivity index (χ1) is 9.70. The van der Waals surface area contributed by atoms with Crippen LogP contribution in [0.5, 0.6) is 0 Å². The Morgan fingerprint density at radius 3 is 2.43 bits per heavy atom. The number of nitrogens with one attached hydrogen (secondary N) is 1. The van der Waals surface area contributed by atoms with E-state index in [0.29, 0.717) is 0 Å². The predicted molar refractivity (Wildman–Crippen MR) is 78.6 cm³/mol. The number of nitrogens with zero attached hydrogens (tertiary/aromatic N) is 1. The van der Waals surface area contributed by atoms with Crippen LogP contribution in [0.3, 0.4) is 0 Å². The van der Waals surface area contributed by atoms with Gasteiger partial charge >= 0.3 is 5.97 Å². The van der Waals surface area contributed by atoms with Crippen molar-refractivity contribution in [2.45, 2.75) is 32.7 Å².